The third-order valence-corrected chi connectivity index (χ3v) is 4.60. The van der Waals surface area contributed by atoms with Gasteiger partial charge < -0.3 is 14.6 Å². The number of nitrogens with zero attached hydrogens (tertiary/aromatic N) is 2. The van der Waals surface area contributed by atoms with E-state index in [-0.39, 0.29) is 30.8 Å². The van der Waals surface area contributed by atoms with Crippen LogP contribution in [-0.4, -0.2) is 28.6 Å². The van der Waals surface area contributed by atoms with Crippen molar-refractivity contribution in [1.29, 1.82) is 0 Å². The topological polar surface area (TPSA) is 94.3 Å². The van der Waals surface area contributed by atoms with E-state index < -0.39 is 0 Å². The summed E-state index contributed by atoms with van der Waals surface area (Å²) in [5.74, 6) is 0.213. The van der Waals surface area contributed by atoms with Crippen LogP contribution in [0.15, 0.2) is 38.2 Å². The molecule has 130 valence electrons. The lowest BCUT2D eigenvalue weighted by molar-refractivity contribution is -0.145. The zero-order valence-corrected chi connectivity index (χ0v) is 14.8. The molecule has 0 atom stereocenters. The highest BCUT2D eigenvalue weighted by Crippen LogP contribution is 2.18. The van der Waals surface area contributed by atoms with Crippen LogP contribution in [0.2, 0.25) is 0 Å². The van der Waals surface area contributed by atoms with Gasteiger partial charge in [-0.15, -0.1) is 0 Å². The molecule has 0 unspecified atom stereocenters. The van der Waals surface area contributed by atoms with Gasteiger partial charge in [0.1, 0.15) is 0 Å². The molecule has 0 fully saturated rings. The third-order valence-electron chi connectivity index (χ3n) is 3.23. The SMILES string of the molecule is O=C(CCCNC(=O)c1ccsc1)OCc1nc(-c2ccsc2)no1. The number of hydrogen-bond acceptors (Lipinski definition) is 8. The Morgan fingerprint density at radius 2 is 2.04 bits per heavy atom. The predicted molar refractivity (Wildman–Crippen MR) is 93.3 cm³/mol. The van der Waals surface area contributed by atoms with Gasteiger partial charge in [-0.2, -0.15) is 27.7 Å². The van der Waals surface area contributed by atoms with Gasteiger partial charge in [-0.25, -0.2) is 0 Å². The lowest BCUT2D eigenvalue weighted by atomic mass is 10.3. The summed E-state index contributed by atoms with van der Waals surface area (Å²) >= 11 is 3.00. The Kier molecular flexibility index (Phi) is 5.91. The van der Waals surface area contributed by atoms with Crippen molar-refractivity contribution in [2.75, 3.05) is 6.54 Å². The molecule has 3 heterocycles. The largest absolute Gasteiger partial charge is 0.456 e. The average molecular weight is 377 g/mol. The van der Waals surface area contributed by atoms with Crippen molar-refractivity contribution in [2.45, 2.75) is 19.4 Å². The van der Waals surface area contributed by atoms with Crippen LogP contribution in [0.5, 0.6) is 0 Å². The number of amides is 1. The lowest BCUT2D eigenvalue weighted by Gasteiger charge is -2.04. The second kappa shape index (κ2) is 8.54. The Morgan fingerprint density at radius 1 is 1.20 bits per heavy atom. The molecular formula is C16H15N3O4S2. The fourth-order valence-electron chi connectivity index (χ4n) is 1.97. The Bertz CT molecular complexity index is 812. The van der Waals surface area contributed by atoms with Crippen molar-refractivity contribution in [3.8, 4) is 11.4 Å². The van der Waals surface area contributed by atoms with E-state index in [4.69, 9.17) is 9.26 Å². The highest BCUT2D eigenvalue weighted by atomic mass is 32.1. The molecule has 0 radical (unpaired) electrons. The molecule has 0 aliphatic carbocycles. The van der Waals surface area contributed by atoms with Crippen molar-refractivity contribution < 1.29 is 18.8 Å². The number of ether oxygens (including phenoxy) is 1. The van der Waals surface area contributed by atoms with E-state index in [1.807, 2.05) is 22.2 Å². The average Bonchev–Trinajstić information content (AvgIpc) is 3.37. The fourth-order valence-corrected chi connectivity index (χ4v) is 3.24. The number of esters is 1. The number of nitrogens with one attached hydrogen (secondary N) is 1. The van der Waals surface area contributed by atoms with Gasteiger partial charge in [0.15, 0.2) is 6.61 Å². The van der Waals surface area contributed by atoms with Crippen LogP contribution in [0.1, 0.15) is 29.1 Å². The van der Waals surface area contributed by atoms with Gasteiger partial charge in [-0.3, -0.25) is 9.59 Å². The Balaban J connectivity index is 1.34. The summed E-state index contributed by atoms with van der Waals surface area (Å²) in [4.78, 5) is 27.6. The van der Waals surface area contributed by atoms with Crippen LogP contribution in [0.25, 0.3) is 11.4 Å². The summed E-state index contributed by atoms with van der Waals surface area (Å²) in [5, 5.41) is 14.0. The smallest absolute Gasteiger partial charge is 0.306 e. The third kappa shape index (κ3) is 4.97. The summed E-state index contributed by atoms with van der Waals surface area (Å²) in [6, 6.07) is 3.64. The maximum atomic E-state index is 11.7. The molecule has 25 heavy (non-hydrogen) atoms. The fraction of sp³-hybridized carbons (Fsp3) is 0.250. The first-order valence-corrected chi connectivity index (χ1v) is 9.42. The van der Waals surface area contributed by atoms with Gasteiger partial charge in [0.25, 0.3) is 11.8 Å². The van der Waals surface area contributed by atoms with Crippen molar-refractivity contribution in [2.24, 2.45) is 0 Å². The molecule has 0 aromatic carbocycles. The van der Waals surface area contributed by atoms with E-state index in [0.717, 1.165) is 5.56 Å². The van der Waals surface area contributed by atoms with Gasteiger partial charge in [0.05, 0.1) is 0 Å². The number of carbonyl (C=O) groups is 2. The molecule has 0 aliphatic rings. The molecule has 1 N–H and O–H groups in total. The minimum atomic E-state index is -0.375. The van der Waals surface area contributed by atoms with Crippen LogP contribution in [0, 0.1) is 0 Å². The van der Waals surface area contributed by atoms with Crippen molar-refractivity contribution in [1.82, 2.24) is 15.5 Å². The summed E-state index contributed by atoms with van der Waals surface area (Å²) in [6.45, 7) is 0.351. The maximum Gasteiger partial charge on any atom is 0.306 e. The second-order valence-corrected chi connectivity index (χ2v) is 6.62. The Labute approximate surface area is 151 Å². The molecule has 1 amide bonds. The molecule has 0 saturated carbocycles. The van der Waals surface area contributed by atoms with Gasteiger partial charge in [-0.05, 0) is 29.3 Å². The van der Waals surface area contributed by atoms with Gasteiger partial charge in [0, 0.05) is 34.9 Å². The quantitative estimate of drug-likeness (QED) is 0.479. The first kappa shape index (κ1) is 17.3. The van der Waals surface area contributed by atoms with Crippen LogP contribution < -0.4 is 5.32 Å². The van der Waals surface area contributed by atoms with Crippen LogP contribution >= 0.6 is 22.7 Å². The molecule has 0 aliphatic heterocycles. The molecule has 3 aromatic heterocycles. The van der Waals surface area contributed by atoms with E-state index in [0.29, 0.717) is 24.4 Å². The standard InChI is InChI=1S/C16H15N3O4S2/c20-14(2-1-5-17-16(21)12-4-7-25-10-12)22-8-13-18-15(19-23-13)11-3-6-24-9-11/h3-4,6-7,9-10H,1-2,5,8H2,(H,17,21). The zero-order chi connectivity index (χ0) is 17.5. The molecule has 3 rings (SSSR count). The monoisotopic (exact) mass is 377 g/mol. The van der Waals surface area contributed by atoms with Crippen molar-refractivity contribution in [3.05, 3.63) is 45.1 Å². The summed E-state index contributed by atoms with van der Waals surface area (Å²) in [6.07, 6.45) is 0.703. The highest BCUT2D eigenvalue weighted by molar-refractivity contribution is 7.08. The molecule has 0 spiro atoms. The molecule has 7 nitrogen and oxygen atoms in total. The van der Waals surface area contributed by atoms with E-state index >= 15 is 0 Å². The van der Waals surface area contributed by atoms with Crippen LogP contribution in [0.3, 0.4) is 0 Å². The van der Waals surface area contributed by atoms with Crippen molar-refractivity contribution in [3.63, 3.8) is 0 Å². The second-order valence-electron chi connectivity index (χ2n) is 5.06. The van der Waals surface area contributed by atoms with E-state index in [2.05, 4.69) is 15.5 Å². The van der Waals surface area contributed by atoms with Gasteiger partial charge in [0.2, 0.25) is 5.82 Å². The molecule has 3 aromatic rings. The normalized spacial score (nSPS) is 10.6. The molecular weight excluding hydrogens is 362 g/mol. The Morgan fingerprint density at radius 3 is 2.80 bits per heavy atom. The minimum Gasteiger partial charge on any atom is -0.456 e. The zero-order valence-electron chi connectivity index (χ0n) is 13.1. The summed E-state index contributed by atoms with van der Waals surface area (Å²) < 4.78 is 10.1. The van der Waals surface area contributed by atoms with E-state index in [1.54, 1.807) is 11.4 Å². The maximum absolute atomic E-state index is 11.7. The molecule has 9 heteroatoms. The number of hydrogen-bond donors (Lipinski definition) is 1. The van der Waals surface area contributed by atoms with Gasteiger partial charge in [-0.1, -0.05) is 5.16 Å². The van der Waals surface area contributed by atoms with Crippen LogP contribution in [-0.2, 0) is 16.1 Å². The molecule has 0 saturated heterocycles. The number of carbonyl (C=O) groups excluding carboxylic acids is 2. The minimum absolute atomic E-state index is 0.0583. The summed E-state index contributed by atoms with van der Waals surface area (Å²) in [7, 11) is 0. The number of thiophene rings is 2. The summed E-state index contributed by atoms with van der Waals surface area (Å²) in [5.41, 5.74) is 1.50. The van der Waals surface area contributed by atoms with E-state index in [9.17, 15) is 9.59 Å². The Hall–Kier alpha value is -2.52. The molecule has 0 bridgehead atoms. The van der Waals surface area contributed by atoms with E-state index in [1.165, 1.54) is 22.7 Å². The first-order valence-electron chi connectivity index (χ1n) is 7.53. The predicted octanol–water partition coefficient (Wildman–Crippen LogP) is 3.11. The number of rotatable bonds is 8. The van der Waals surface area contributed by atoms with Crippen LogP contribution in [0.4, 0.5) is 0 Å². The number of aromatic nitrogens is 2. The van der Waals surface area contributed by atoms with Crippen molar-refractivity contribution >= 4 is 34.6 Å². The van der Waals surface area contributed by atoms with Gasteiger partial charge >= 0.3 is 5.97 Å². The highest BCUT2D eigenvalue weighted by Gasteiger charge is 2.11. The lowest BCUT2D eigenvalue weighted by Crippen LogP contribution is -2.24. The first-order chi connectivity index (χ1) is 12.2.